The third-order valence-electron chi connectivity index (χ3n) is 6.16. The first-order valence-electron chi connectivity index (χ1n) is 12.7. The highest BCUT2D eigenvalue weighted by Crippen LogP contribution is 2.51. The number of aryl methyl sites for hydroxylation is 1. The molecule has 0 aliphatic rings. The van der Waals surface area contributed by atoms with Gasteiger partial charge in [0.1, 0.15) is 12.0 Å². The maximum absolute atomic E-state index is 11.9. The van der Waals surface area contributed by atoms with Crippen LogP contribution in [-0.2, 0) is 20.7 Å². The highest BCUT2D eigenvalue weighted by atomic mass is 33.1. The largest absolute Gasteiger partial charge is 0.369 e. The van der Waals surface area contributed by atoms with E-state index >= 15 is 0 Å². The van der Waals surface area contributed by atoms with E-state index in [2.05, 4.69) is 88.8 Å². The van der Waals surface area contributed by atoms with Crippen molar-refractivity contribution in [3.63, 3.8) is 0 Å². The molecular formula is C28H47NO3S2Si. The molecule has 198 valence electrons. The van der Waals surface area contributed by atoms with Crippen LogP contribution in [0.3, 0.4) is 0 Å². The molecule has 7 heteroatoms. The molecular weight excluding hydrogens is 491 g/mol. The minimum atomic E-state index is -1.51. The fourth-order valence-corrected chi connectivity index (χ4v) is 7.85. The van der Waals surface area contributed by atoms with Gasteiger partial charge in [0.25, 0.3) is 0 Å². The zero-order chi connectivity index (χ0) is 26.5. The Hall–Kier alpha value is -0.913. The smallest absolute Gasteiger partial charge is 0.246 e. The second-order valence-electron chi connectivity index (χ2n) is 11.2. The van der Waals surface area contributed by atoms with Gasteiger partial charge < -0.3 is 14.8 Å². The molecule has 1 rings (SSSR count). The fraction of sp³-hybridized carbons (Fsp3) is 0.679. The van der Waals surface area contributed by atoms with Gasteiger partial charge in [-0.1, -0.05) is 107 Å². The van der Waals surface area contributed by atoms with Crippen LogP contribution in [-0.4, -0.2) is 45.8 Å². The van der Waals surface area contributed by atoms with Crippen LogP contribution in [0.25, 0.3) is 0 Å². The van der Waals surface area contributed by atoms with Gasteiger partial charge in [0.15, 0.2) is 0 Å². The lowest BCUT2D eigenvalue weighted by Crippen LogP contribution is -2.43. The predicted octanol–water partition coefficient (Wildman–Crippen LogP) is 7.27. The van der Waals surface area contributed by atoms with E-state index in [4.69, 9.17) is 9.47 Å². The lowest BCUT2D eigenvalue weighted by molar-refractivity contribution is -0.126. The van der Waals surface area contributed by atoms with Crippen molar-refractivity contribution in [2.24, 2.45) is 11.8 Å². The standard InChI is InChI=1S/C28H47NO3S2Si/c1-22(2)12-11-17-29-26(30)21-31-18-19-32-27(28(5,6)35(7,8)9)34-33-25-14-10-13-24(20-25)16-15-23(3)4/h10,13-14,20,22-23,27H,15-19,21H2,1-9H3,(H,29,30). The molecule has 1 N–H and O–H groups in total. The summed E-state index contributed by atoms with van der Waals surface area (Å²) in [7, 11) is 2.09. The Morgan fingerprint density at radius 2 is 1.86 bits per heavy atom. The first kappa shape index (κ1) is 32.1. The van der Waals surface area contributed by atoms with Crippen LogP contribution in [0.4, 0.5) is 0 Å². The van der Waals surface area contributed by atoms with Crippen LogP contribution in [0.15, 0.2) is 29.2 Å². The lowest BCUT2D eigenvalue weighted by atomic mass is 10.0. The van der Waals surface area contributed by atoms with E-state index in [1.54, 1.807) is 21.6 Å². The Kier molecular flexibility index (Phi) is 14.7. The zero-order valence-electron chi connectivity index (χ0n) is 23.3. The number of hydrogen-bond acceptors (Lipinski definition) is 5. The van der Waals surface area contributed by atoms with E-state index in [9.17, 15) is 4.79 Å². The van der Waals surface area contributed by atoms with Gasteiger partial charge in [-0.25, -0.2) is 0 Å². The van der Waals surface area contributed by atoms with Gasteiger partial charge in [0.2, 0.25) is 5.91 Å². The van der Waals surface area contributed by atoms with Gasteiger partial charge in [-0.3, -0.25) is 4.79 Å². The molecule has 0 bridgehead atoms. The summed E-state index contributed by atoms with van der Waals surface area (Å²) >= 11 is 0. The van der Waals surface area contributed by atoms with Crippen LogP contribution in [0.5, 0.6) is 0 Å². The number of hydrogen-bond donors (Lipinski definition) is 1. The SMILES string of the molecule is CC(C)C#CCNC(=O)COCCOC(SSc1cccc(CCC(C)C)c1)C(C)(C)[Si](C)(C)C. The summed E-state index contributed by atoms with van der Waals surface area (Å²) < 4.78 is 11.9. The van der Waals surface area contributed by atoms with Gasteiger partial charge in [0, 0.05) is 10.8 Å². The molecule has 0 fully saturated rings. The number of amides is 1. The second kappa shape index (κ2) is 16.0. The molecule has 0 aliphatic carbocycles. The van der Waals surface area contributed by atoms with E-state index < -0.39 is 8.07 Å². The minimum Gasteiger partial charge on any atom is -0.369 e. The molecule has 0 spiro atoms. The summed E-state index contributed by atoms with van der Waals surface area (Å²) in [6, 6.07) is 8.88. The van der Waals surface area contributed by atoms with Crippen LogP contribution < -0.4 is 5.32 Å². The van der Waals surface area contributed by atoms with Crippen molar-refractivity contribution in [2.75, 3.05) is 26.4 Å². The van der Waals surface area contributed by atoms with Gasteiger partial charge in [-0.15, -0.1) is 0 Å². The maximum Gasteiger partial charge on any atom is 0.246 e. The molecule has 4 nitrogen and oxygen atoms in total. The van der Waals surface area contributed by atoms with E-state index in [1.165, 1.54) is 16.9 Å². The molecule has 35 heavy (non-hydrogen) atoms. The number of carbonyl (C=O) groups excluding carboxylic acids is 1. The van der Waals surface area contributed by atoms with E-state index in [-0.39, 0.29) is 23.0 Å². The third-order valence-corrected chi connectivity index (χ3v) is 13.3. The second-order valence-corrected chi connectivity index (χ2v) is 19.4. The molecule has 1 aromatic carbocycles. The first-order valence-corrected chi connectivity index (χ1v) is 18.4. The Bertz CT molecular complexity index is 825. The number of nitrogens with one attached hydrogen (secondary N) is 1. The zero-order valence-corrected chi connectivity index (χ0v) is 26.0. The summed E-state index contributed by atoms with van der Waals surface area (Å²) in [4.78, 5) is 13.2. The van der Waals surface area contributed by atoms with E-state index in [1.807, 2.05) is 13.8 Å². The molecule has 1 atom stereocenters. The van der Waals surface area contributed by atoms with Crippen molar-refractivity contribution in [1.82, 2.24) is 5.32 Å². The number of carbonyl (C=O) groups is 1. The number of rotatable bonds is 15. The van der Waals surface area contributed by atoms with E-state index in [0.29, 0.717) is 31.6 Å². The van der Waals surface area contributed by atoms with Crippen molar-refractivity contribution >= 4 is 35.6 Å². The molecule has 1 amide bonds. The molecule has 0 heterocycles. The van der Waals surface area contributed by atoms with Gasteiger partial charge in [-0.05, 0) is 41.5 Å². The quantitative estimate of drug-likeness (QED) is 0.0838. The minimum absolute atomic E-state index is 0.0276. The Balaban J connectivity index is 2.60. The Labute approximate surface area is 223 Å². The average molecular weight is 538 g/mol. The van der Waals surface area contributed by atoms with Crippen molar-refractivity contribution < 1.29 is 14.3 Å². The summed E-state index contributed by atoms with van der Waals surface area (Å²) in [6.07, 6.45) is 2.32. The van der Waals surface area contributed by atoms with Crippen LogP contribution in [0.1, 0.15) is 53.5 Å². The Morgan fingerprint density at radius 1 is 1.14 bits per heavy atom. The summed E-state index contributed by atoms with van der Waals surface area (Å²) in [5.41, 5.74) is 1.43. The molecule has 1 unspecified atom stereocenters. The molecule has 0 radical (unpaired) electrons. The molecule has 0 aliphatic heterocycles. The van der Waals surface area contributed by atoms with Crippen molar-refractivity contribution in [3.8, 4) is 11.8 Å². The van der Waals surface area contributed by atoms with Gasteiger partial charge in [-0.2, -0.15) is 0 Å². The normalized spacial score (nSPS) is 13.0. The van der Waals surface area contributed by atoms with Crippen LogP contribution >= 0.6 is 21.6 Å². The topological polar surface area (TPSA) is 47.6 Å². The number of benzene rings is 1. The molecule has 0 saturated heterocycles. The van der Waals surface area contributed by atoms with Crippen molar-refractivity contribution in [2.45, 2.75) is 89.4 Å². The van der Waals surface area contributed by atoms with Gasteiger partial charge in [0.05, 0.1) is 27.8 Å². The maximum atomic E-state index is 11.9. The monoisotopic (exact) mass is 537 g/mol. The van der Waals surface area contributed by atoms with Crippen molar-refractivity contribution in [1.29, 1.82) is 0 Å². The summed E-state index contributed by atoms with van der Waals surface area (Å²) in [5, 5.41) is 2.82. The molecule has 0 aromatic heterocycles. The lowest BCUT2D eigenvalue weighted by Gasteiger charge is -2.42. The Morgan fingerprint density at radius 3 is 2.49 bits per heavy atom. The average Bonchev–Trinajstić information content (AvgIpc) is 2.76. The van der Waals surface area contributed by atoms with E-state index in [0.717, 1.165) is 6.42 Å². The summed E-state index contributed by atoms with van der Waals surface area (Å²) in [5.74, 6) is 6.84. The molecule has 1 aromatic rings. The first-order chi connectivity index (χ1) is 16.3. The highest BCUT2D eigenvalue weighted by Gasteiger charge is 2.42. The molecule has 0 saturated carbocycles. The van der Waals surface area contributed by atoms with Crippen molar-refractivity contribution in [3.05, 3.63) is 29.8 Å². The van der Waals surface area contributed by atoms with Crippen LogP contribution in [0, 0.1) is 23.7 Å². The van der Waals surface area contributed by atoms with Gasteiger partial charge >= 0.3 is 0 Å². The van der Waals surface area contributed by atoms with Crippen LogP contribution in [0.2, 0.25) is 24.7 Å². The summed E-state index contributed by atoms with van der Waals surface area (Å²) in [6.45, 7) is 21.6. The highest BCUT2D eigenvalue weighted by molar-refractivity contribution is 8.76. The number of ether oxygens (including phenoxy) is 2. The fourth-order valence-electron chi connectivity index (χ4n) is 2.85. The third kappa shape index (κ3) is 13.3. The predicted molar refractivity (Wildman–Crippen MR) is 157 cm³/mol.